The van der Waals surface area contributed by atoms with Crippen LogP contribution in [0.1, 0.15) is 6.92 Å². The first-order chi connectivity index (χ1) is 11.2. The highest BCUT2D eigenvalue weighted by atomic mass is 32.2. The van der Waals surface area contributed by atoms with Crippen LogP contribution in [0.2, 0.25) is 0 Å². The van der Waals surface area contributed by atoms with E-state index in [1.807, 2.05) is 43.3 Å². The summed E-state index contributed by atoms with van der Waals surface area (Å²) in [5.41, 5.74) is 1.12. The van der Waals surface area contributed by atoms with E-state index in [0.717, 1.165) is 26.2 Å². The Morgan fingerprint density at radius 3 is 2.83 bits per heavy atom. The van der Waals surface area contributed by atoms with Crippen molar-refractivity contribution in [1.29, 1.82) is 0 Å². The van der Waals surface area contributed by atoms with Crippen LogP contribution >= 0.6 is 23.1 Å². The van der Waals surface area contributed by atoms with Gasteiger partial charge in [-0.1, -0.05) is 42.1 Å². The fraction of sp³-hybridized carbons (Fsp3) is 0.294. The van der Waals surface area contributed by atoms with Gasteiger partial charge in [0.1, 0.15) is 4.83 Å². The summed E-state index contributed by atoms with van der Waals surface area (Å²) < 4.78 is 6.97. The summed E-state index contributed by atoms with van der Waals surface area (Å²) in [5, 5.41) is 1.43. The first kappa shape index (κ1) is 16.2. The Balaban J connectivity index is 1.96. The molecule has 0 saturated carbocycles. The predicted molar refractivity (Wildman–Crippen MR) is 97.5 cm³/mol. The highest BCUT2D eigenvalue weighted by Crippen LogP contribution is 2.31. The Morgan fingerprint density at radius 2 is 2.09 bits per heavy atom. The Morgan fingerprint density at radius 1 is 1.30 bits per heavy atom. The van der Waals surface area contributed by atoms with Crippen LogP contribution in [-0.2, 0) is 11.8 Å². The number of hydrogen-bond donors (Lipinski definition) is 0. The molecule has 0 saturated heterocycles. The lowest BCUT2D eigenvalue weighted by atomic mass is 10.2. The monoisotopic (exact) mass is 346 g/mol. The highest BCUT2D eigenvalue weighted by molar-refractivity contribution is 7.99. The zero-order chi connectivity index (χ0) is 16.2. The minimum Gasteiger partial charge on any atom is -0.381 e. The molecule has 0 unspecified atom stereocenters. The van der Waals surface area contributed by atoms with Crippen molar-refractivity contribution in [3.05, 3.63) is 46.8 Å². The SMILES string of the molecule is CCOCCSc1nc2sc(-c3ccccc3)cc2c(=O)n1C. The summed E-state index contributed by atoms with van der Waals surface area (Å²) in [6.07, 6.45) is 0. The third kappa shape index (κ3) is 3.49. The molecule has 0 bridgehead atoms. The molecule has 0 aliphatic carbocycles. The lowest BCUT2D eigenvalue weighted by Crippen LogP contribution is -2.19. The van der Waals surface area contributed by atoms with Gasteiger partial charge in [0.2, 0.25) is 0 Å². The molecule has 6 heteroatoms. The molecule has 2 heterocycles. The minimum atomic E-state index is 0.00680. The van der Waals surface area contributed by atoms with Gasteiger partial charge in [-0.15, -0.1) is 11.3 Å². The summed E-state index contributed by atoms with van der Waals surface area (Å²) in [7, 11) is 1.78. The van der Waals surface area contributed by atoms with Crippen molar-refractivity contribution >= 4 is 33.3 Å². The van der Waals surface area contributed by atoms with Gasteiger partial charge in [-0.05, 0) is 18.6 Å². The van der Waals surface area contributed by atoms with Crippen molar-refractivity contribution in [1.82, 2.24) is 9.55 Å². The number of fused-ring (bicyclic) bond motifs is 1. The van der Waals surface area contributed by atoms with Crippen molar-refractivity contribution in [3.63, 3.8) is 0 Å². The molecule has 1 aromatic carbocycles. The van der Waals surface area contributed by atoms with E-state index < -0.39 is 0 Å². The van der Waals surface area contributed by atoms with Gasteiger partial charge in [0.15, 0.2) is 5.16 Å². The molecule has 0 aliphatic rings. The Hall–Kier alpha value is -1.63. The number of nitrogens with zero attached hydrogens (tertiary/aromatic N) is 2. The van der Waals surface area contributed by atoms with E-state index in [-0.39, 0.29) is 5.56 Å². The van der Waals surface area contributed by atoms with Crippen molar-refractivity contribution in [2.45, 2.75) is 12.1 Å². The summed E-state index contributed by atoms with van der Waals surface area (Å²) in [6.45, 7) is 3.34. The second kappa shape index (κ2) is 7.29. The molecule has 0 amide bonds. The molecule has 120 valence electrons. The Bertz CT molecular complexity index is 856. The molecule has 0 atom stereocenters. The number of hydrogen-bond acceptors (Lipinski definition) is 5. The molecule has 0 N–H and O–H groups in total. The second-order valence-electron chi connectivity index (χ2n) is 5.00. The molecule has 0 radical (unpaired) electrons. The zero-order valence-electron chi connectivity index (χ0n) is 13.1. The van der Waals surface area contributed by atoms with Gasteiger partial charge in [-0.2, -0.15) is 0 Å². The van der Waals surface area contributed by atoms with E-state index in [4.69, 9.17) is 4.74 Å². The number of thioether (sulfide) groups is 1. The molecule has 0 fully saturated rings. The van der Waals surface area contributed by atoms with Gasteiger partial charge >= 0.3 is 0 Å². The van der Waals surface area contributed by atoms with E-state index in [1.165, 1.54) is 0 Å². The molecule has 4 nitrogen and oxygen atoms in total. The molecular weight excluding hydrogens is 328 g/mol. The lowest BCUT2D eigenvalue weighted by Gasteiger charge is -2.06. The summed E-state index contributed by atoms with van der Waals surface area (Å²) >= 11 is 3.12. The van der Waals surface area contributed by atoms with Crippen molar-refractivity contribution in [3.8, 4) is 10.4 Å². The van der Waals surface area contributed by atoms with E-state index in [0.29, 0.717) is 18.6 Å². The summed E-state index contributed by atoms with van der Waals surface area (Å²) in [5.74, 6) is 0.788. The standard InChI is InChI=1S/C17H18N2O2S2/c1-3-21-9-10-22-17-18-15-13(16(20)19(17)2)11-14(23-15)12-7-5-4-6-8-12/h4-8,11H,3,9-10H2,1-2H3. The van der Waals surface area contributed by atoms with E-state index in [2.05, 4.69) is 4.98 Å². The van der Waals surface area contributed by atoms with Crippen LogP contribution in [0, 0.1) is 0 Å². The maximum absolute atomic E-state index is 12.6. The third-order valence-electron chi connectivity index (χ3n) is 3.45. The lowest BCUT2D eigenvalue weighted by molar-refractivity contribution is 0.164. The van der Waals surface area contributed by atoms with Crippen LogP contribution in [0.15, 0.2) is 46.3 Å². The average molecular weight is 346 g/mol. The topological polar surface area (TPSA) is 44.1 Å². The van der Waals surface area contributed by atoms with Crippen molar-refractivity contribution in [2.75, 3.05) is 19.0 Å². The van der Waals surface area contributed by atoms with Gasteiger partial charge in [0, 0.05) is 24.3 Å². The minimum absolute atomic E-state index is 0.00680. The number of ether oxygens (including phenoxy) is 1. The van der Waals surface area contributed by atoms with Crippen molar-refractivity contribution in [2.24, 2.45) is 7.05 Å². The fourth-order valence-electron chi connectivity index (χ4n) is 2.26. The quantitative estimate of drug-likeness (QED) is 0.387. The van der Waals surface area contributed by atoms with Crippen LogP contribution in [-0.4, -0.2) is 28.5 Å². The second-order valence-corrected chi connectivity index (χ2v) is 7.09. The van der Waals surface area contributed by atoms with Gasteiger partial charge in [-0.3, -0.25) is 9.36 Å². The van der Waals surface area contributed by atoms with Crippen molar-refractivity contribution < 1.29 is 4.74 Å². The maximum Gasteiger partial charge on any atom is 0.262 e. The normalized spacial score (nSPS) is 11.2. The molecule has 2 aromatic heterocycles. The average Bonchev–Trinajstić information content (AvgIpc) is 3.01. The van der Waals surface area contributed by atoms with Crippen LogP contribution in [0.25, 0.3) is 20.7 Å². The molecule has 3 rings (SSSR count). The van der Waals surface area contributed by atoms with E-state index >= 15 is 0 Å². The molecule has 3 aromatic rings. The van der Waals surface area contributed by atoms with Crippen LogP contribution < -0.4 is 5.56 Å². The largest absolute Gasteiger partial charge is 0.381 e. The van der Waals surface area contributed by atoms with Crippen LogP contribution in [0.4, 0.5) is 0 Å². The third-order valence-corrected chi connectivity index (χ3v) is 5.53. The first-order valence-corrected chi connectivity index (χ1v) is 9.27. The molecular formula is C17H18N2O2S2. The number of rotatable bonds is 6. The smallest absolute Gasteiger partial charge is 0.262 e. The zero-order valence-corrected chi connectivity index (χ0v) is 14.7. The Kier molecular flexibility index (Phi) is 5.15. The highest BCUT2D eigenvalue weighted by Gasteiger charge is 2.13. The number of aromatic nitrogens is 2. The Labute approximate surface area is 143 Å². The number of benzene rings is 1. The molecule has 23 heavy (non-hydrogen) atoms. The predicted octanol–water partition coefficient (Wildman–Crippen LogP) is 3.79. The van der Waals surface area contributed by atoms with E-state index in [9.17, 15) is 4.79 Å². The van der Waals surface area contributed by atoms with Crippen LogP contribution in [0.5, 0.6) is 0 Å². The van der Waals surface area contributed by atoms with E-state index in [1.54, 1.807) is 34.7 Å². The van der Waals surface area contributed by atoms with Gasteiger partial charge < -0.3 is 4.74 Å². The molecule has 0 aliphatic heterocycles. The van der Waals surface area contributed by atoms with Crippen LogP contribution in [0.3, 0.4) is 0 Å². The first-order valence-electron chi connectivity index (χ1n) is 7.47. The maximum atomic E-state index is 12.6. The summed E-state index contributed by atoms with van der Waals surface area (Å²) in [4.78, 5) is 19.1. The fourth-order valence-corrected chi connectivity index (χ4v) is 4.16. The van der Waals surface area contributed by atoms with Gasteiger partial charge in [-0.25, -0.2) is 4.98 Å². The van der Waals surface area contributed by atoms with Gasteiger partial charge in [0.25, 0.3) is 5.56 Å². The summed E-state index contributed by atoms with van der Waals surface area (Å²) in [6, 6.07) is 12.0. The molecule has 0 spiro atoms. The van der Waals surface area contributed by atoms with Gasteiger partial charge in [0.05, 0.1) is 12.0 Å². The number of thiophene rings is 1.